The van der Waals surface area contributed by atoms with Crippen molar-refractivity contribution < 1.29 is 14.3 Å². The monoisotopic (exact) mass is 448 g/mol. The van der Waals surface area contributed by atoms with E-state index < -0.39 is 0 Å². The molecule has 9 heteroatoms. The van der Waals surface area contributed by atoms with Crippen LogP contribution >= 0.6 is 0 Å². The van der Waals surface area contributed by atoms with Crippen LogP contribution in [0.1, 0.15) is 43.9 Å². The Morgan fingerprint density at radius 3 is 2.70 bits per heavy atom. The molecule has 1 aromatic carbocycles. The first kappa shape index (κ1) is 21.4. The van der Waals surface area contributed by atoms with E-state index in [-0.39, 0.29) is 18.7 Å². The van der Waals surface area contributed by atoms with E-state index in [1.807, 2.05) is 34.1 Å². The number of nitrogens with zero attached hydrogens (tertiary/aromatic N) is 5. The summed E-state index contributed by atoms with van der Waals surface area (Å²) in [6.45, 7) is 2.58. The van der Waals surface area contributed by atoms with Crippen LogP contribution in [0.2, 0.25) is 0 Å². The second-order valence-electron chi connectivity index (χ2n) is 8.60. The van der Waals surface area contributed by atoms with Crippen LogP contribution < -0.4 is 10.2 Å². The Morgan fingerprint density at radius 1 is 1.24 bits per heavy atom. The van der Waals surface area contributed by atoms with Gasteiger partial charge in [-0.2, -0.15) is 4.98 Å². The quantitative estimate of drug-likeness (QED) is 0.552. The molecule has 9 nitrogen and oxygen atoms in total. The molecule has 2 aliphatic rings. The van der Waals surface area contributed by atoms with Crippen LogP contribution in [0.5, 0.6) is 0 Å². The minimum absolute atomic E-state index is 0.0389. The summed E-state index contributed by atoms with van der Waals surface area (Å²) in [4.78, 5) is 29.4. The fraction of sp³-hybridized carbons (Fsp3) is 0.417. The highest BCUT2D eigenvalue weighted by Crippen LogP contribution is 2.34. The normalized spacial score (nSPS) is 16.0. The van der Waals surface area contributed by atoms with Crippen molar-refractivity contribution >= 4 is 23.4 Å². The van der Waals surface area contributed by atoms with Crippen LogP contribution in [0.25, 0.3) is 11.3 Å². The standard InChI is InChI=1S/C24H28N6O3/c1-16(32)29-11-10-21-20(13-29)23(30(15-31)19-4-2-3-5-19)28-24(27-21)26-18-8-6-17(7-9-18)22-12-25-14-33-22/h6-9,12,14,19,31H,2-5,10-11,13,15H2,1H3,(H,26,27,28). The van der Waals surface area contributed by atoms with Gasteiger partial charge in [0.25, 0.3) is 0 Å². The van der Waals surface area contributed by atoms with E-state index in [2.05, 4.69) is 10.3 Å². The van der Waals surface area contributed by atoms with E-state index >= 15 is 0 Å². The summed E-state index contributed by atoms with van der Waals surface area (Å²) in [7, 11) is 0. The fourth-order valence-corrected chi connectivity index (χ4v) is 4.74. The second-order valence-corrected chi connectivity index (χ2v) is 8.60. The second kappa shape index (κ2) is 9.19. The average Bonchev–Trinajstić information content (AvgIpc) is 3.55. The lowest BCUT2D eigenvalue weighted by molar-refractivity contribution is -0.129. The van der Waals surface area contributed by atoms with Gasteiger partial charge in [-0.05, 0) is 37.1 Å². The first-order chi connectivity index (χ1) is 16.1. The van der Waals surface area contributed by atoms with Gasteiger partial charge in [-0.15, -0.1) is 0 Å². The molecule has 33 heavy (non-hydrogen) atoms. The van der Waals surface area contributed by atoms with Gasteiger partial charge in [-0.1, -0.05) is 12.8 Å². The average molecular weight is 449 g/mol. The van der Waals surface area contributed by atoms with Crippen molar-refractivity contribution in [3.05, 3.63) is 48.1 Å². The van der Waals surface area contributed by atoms with E-state index in [0.717, 1.165) is 54.0 Å². The van der Waals surface area contributed by atoms with Crippen molar-refractivity contribution in [2.24, 2.45) is 0 Å². The molecule has 3 heterocycles. The zero-order valence-corrected chi connectivity index (χ0v) is 18.7. The Morgan fingerprint density at radius 2 is 2.03 bits per heavy atom. The molecule has 5 rings (SSSR count). The molecule has 172 valence electrons. The molecular weight excluding hydrogens is 420 g/mol. The molecule has 2 N–H and O–H groups in total. The number of rotatable bonds is 6. The third kappa shape index (κ3) is 4.41. The maximum Gasteiger partial charge on any atom is 0.229 e. The smallest absolute Gasteiger partial charge is 0.229 e. The summed E-state index contributed by atoms with van der Waals surface area (Å²) in [6.07, 6.45) is 8.11. The number of carbonyl (C=O) groups excluding carboxylic acids is 1. The zero-order chi connectivity index (χ0) is 22.8. The minimum Gasteiger partial charge on any atom is -0.444 e. The molecule has 2 aromatic heterocycles. The van der Waals surface area contributed by atoms with Gasteiger partial charge < -0.3 is 24.6 Å². The van der Waals surface area contributed by atoms with Crippen LogP contribution in [0.3, 0.4) is 0 Å². The van der Waals surface area contributed by atoms with Gasteiger partial charge in [0.05, 0.1) is 18.4 Å². The summed E-state index contributed by atoms with van der Waals surface area (Å²) in [5.74, 6) is 1.96. The molecule has 0 spiro atoms. The number of benzene rings is 1. The maximum atomic E-state index is 12.0. The van der Waals surface area contributed by atoms with Gasteiger partial charge in [0, 0.05) is 42.7 Å². The van der Waals surface area contributed by atoms with Gasteiger partial charge in [0.1, 0.15) is 12.5 Å². The Hall–Kier alpha value is -3.46. The minimum atomic E-state index is -0.112. The molecule has 0 bridgehead atoms. The van der Waals surface area contributed by atoms with Gasteiger partial charge in [-0.3, -0.25) is 4.79 Å². The Labute approximate surface area is 192 Å². The van der Waals surface area contributed by atoms with Crippen molar-refractivity contribution in [3.63, 3.8) is 0 Å². The zero-order valence-electron chi connectivity index (χ0n) is 18.7. The fourth-order valence-electron chi connectivity index (χ4n) is 4.74. The first-order valence-corrected chi connectivity index (χ1v) is 11.4. The van der Waals surface area contributed by atoms with Gasteiger partial charge in [0.15, 0.2) is 12.2 Å². The lowest BCUT2D eigenvalue weighted by Gasteiger charge is -2.34. The maximum absolute atomic E-state index is 12.0. The number of aromatic nitrogens is 3. The molecular formula is C24H28N6O3. The molecule has 0 saturated heterocycles. The van der Waals surface area contributed by atoms with Crippen molar-refractivity contribution in [1.29, 1.82) is 0 Å². The summed E-state index contributed by atoms with van der Waals surface area (Å²) < 4.78 is 5.36. The van der Waals surface area contributed by atoms with Crippen molar-refractivity contribution in [1.82, 2.24) is 19.9 Å². The van der Waals surface area contributed by atoms with Crippen LogP contribution in [0.4, 0.5) is 17.5 Å². The molecule has 0 radical (unpaired) electrons. The molecule has 0 unspecified atom stereocenters. The number of hydrogen-bond donors (Lipinski definition) is 2. The Bertz CT molecular complexity index is 1110. The summed E-state index contributed by atoms with van der Waals surface area (Å²) in [6, 6.07) is 8.03. The number of carbonyl (C=O) groups is 1. The van der Waals surface area contributed by atoms with E-state index in [1.54, 1.807) is 13.1 Å². The van der Waals surface area contributed by atoms with Crippen LogP contribution in [-0.4, -0.2) is 50.2 Å². The number of aliphatic hydroxyl groups excluding tert-OH is 1. The van der Waals surface area contributed by atoms with Gasteiger partial charge in [0.2, 0.25) is 11.9 Å². The predicted molar refractivity (Wildman–Crippen MR) is 124 cm³/mol. The molecule has 3 aromatic rings. The van der Waals surface area contributed by atoms with E-state index in [1.165, 1.54) is 6.39 Å². The number of hydrogen-bond acceptors (Lipinski definition) is 8. The van der Waals surface area contributed by atoms with E-state index in [0.29, 0.717) is 31.2 Å². The summed E-state index contributed by atoms with van der Waals surface area (Å²) in [5, 5.41) is 13.6. The number of oxazole rings is 1. The van der Waals surface area contributed by atoms with Crippen molar-refractivity contribution in [2.75, 3.05) is 23.5 Å². The SMILES string of the molecule is CC(=O)N1CCc2nc(Nc3ccc(-c4cnco4)cc3)nc(N(CO)C3CCCC3)c2C1. The lowest BCUT2D eigenvalue weighted by Crippen LogP contribution is -2.40. The number of amides is 1. The van der Waals surface area contributed by atoms with Crippen molar-refractivity contribution in [2.45, 2.75) is 51.6 Å². The molecule has 1 aliphatic carbocycles. The number of aliphatic hydroxyl groups is 1. The number of fused-ring (bicyclic) bond motifs is 1. The van der Waals surface area contributed by atoms with Gasteiger partial charge >= 0.3 is 0 Å². The number of anilines is 3. The number of nitrogens with one attached hydrogen (secondary N) is 1. The molecule has 1 saturated carbocycles. The highest BCUT2D eigenvalue weighted by atomic mass is 16.3. The lowest BCUT2D eigenvalue weighted by atomic mass is 10.0. The van der Waals surface area contributed by atoms with E-state index in [4.69, 9.17) is 14.4 Å². The highest BCUT2D eigenvalue weighted by molar-refractivity contribution is 5.74. The van der Waals surface area contributed by atoms with Crippen LogP contribution in [-0.2, 0) is 17.8 Å². The van der Waals surface area contributed by atoms with Gasteiger partial charge in [-0.25, -0.2) is 9.97 Å². The Kier molecular flexibility index (Phi) is 5.95. The molecule has 0 atom stereocenters. The topological polar surface area (TPSA) is 108 Å². The summed E-state index contributed by atoms with van der Waals surface area (Å²) >= 11 is 0. The predicted octanol–water partition coefficient (Wildman–Crippen LogP) is 3.48. The molecule has 1 fully saturated rings. The third-order valence-electron chi connectivity index (χ3n) is 6.53. The Balaban J connectivity index is 1.47. The molecule has 1 amide bonds. The summed E-state index contributed by atoms with van der Waals surface area (Å²) in [5.41, 5.74) is 3.64. The van der Waals surface area contributed by atoms with Crippen LogP contribution in [0.15, 0.2) is 41.3 Å². The van der Waals surface area contributed by atoms with Crippen molar-refractivity contribution in [3.8, 4) is 11.3 Å². The highest BCUT2D eigenvalue weighted by Gasteiger charge is 2.30. The third-order valence-corrected chi connectivity index (χ3v) is 6.53. The first-order valence-electron chi connectivity index (χ1n) is 11.4. The van der Waals surface area contributed by atoms with Crippen LogP contribution in [0, 0.1) is 0 Å². The molecule has 1 aliphatic heterocycles. The van der Waals surface area contributed by atoms with E-state index in [9.17, 15) is 9.90 Å². The largest absolute Gasteiger partial charge is 0.444 e.